The topological polar surface area (TPSA) is 66.8 Å². The molecule has 1 amide bonds. The SMILES string of the molecule is CCO[C@@H]1CCCN(C(=O)CC(C)(C)CC(=O)O)C1. The maximum atomic E-state index is 12.2. The third-order valence-corrected chi connectivity index (χ3v) is 3.39. The molecule has 1 aliphatic heterocycles. The zero-order chi connectivity index (χ0) is 14.5. The number of likely N-dealkylation sites (tertiary alicyclic amines) is 1. The average molecular weight is 271 g/mol. The van der Waals surface area contributed by atoms with Gasteiger partial charge in [-0.15, -0.1) is 0 Å². The predicted molar refractivity (Wildman–Crippen MR) is 71.9 cm³/mol. The fraction of sp³-hybridized carbons (Fsp3) is 0.857. The minimum atomic E-state index is -0.858. The van der Waals surface area contributed by atoms with Crippen molar-refractivity contribution in [1.29, 1.82) is 0 Å². The lowest BCUT2D eigenvalue weighted by atomic mass is 9.85. The van der Waals surface area contributed by atoms with Gasteiger partial charge in [0.2, 0.25) is 5.91 Å². The van der Waals surface area contributed by atoms with E-state index in [9.17, 15) is 9.59 Å². The fourth-order valence-corrected chi connectivity index (χ4v) is 2.53. The highest BCUT2D eigenvalue weighted by Gasteiger charge is 2.30. The van der Waals surface area contributed by atoms with Gasteiger partial charge in [0.25, 0.3) is 0 Å². The van der Waals surface area contributed by atoms with Gasteiger partial charge in [-0.1, -0.05) is 13.8 Å². The summed E-state index contributed by atoms with van der Waals surface area (Å²) < 4.78 is 5.57. The largest absolute Gasteiger partial charge is 0.481 e. The Kier molecular flexibility index (Phi) is 5.79. The Morgan fingerprint density at radius 3 is 2.63 bits per heavy atom. The number of nitrogens with zero attached hydrogens (tertiary/aromatic N) is 1. The third kappa shape index (κ3) is 5.59. The van der Waals surface area contributed by atoms with Crippen LogP contribution >= 0.6 is 0 Å². The quantitative estimate of drug-likeness (QED) is 0.801. The van der Waals surface area contributed by atoms with Gasteiger partial charge in [-0.25, -0.2) is 0 Å². The zero-order valence-electron chi connectivity index (χ0n) is 12.1. The van der Waals surface area contributed by atoms with Crippen molar-refractivity contribution in [3.05, 3.63) is 0 Å². The van der Waals surface area contributed by atoms with Crippen LogP contribution in [-0.4, -0.2) is 47.7 Å². The van der Waals surface area contributed by atoms with E-state index in [4.69, 9.17) is 9.84 Å². The van der Waals surface area contributed by atoms with E-state index in [-0.39, 0.29) is 24.9 Å². The lowest BCUT2D eigenvalue weighted by Gasteiger charge is -2.34. The number of aliphatic carboxylic acids is 1. The summed E-state index contributed by atoms with van der Waals surface area (Å²) in [5.74, 6) is -0.820. The van der Waals surface area contributed by atoms with Crippen LogP contribution in [0, 0.1) is 5.41 Å². The molecule has 0 radical (unpaired) electrons. The first-order valence-corrected chi connectivity index (χ1v) is 6.95. The number of carbonyl (C=O) groups excluding carboxylic acids is 1. The van der Waals surface area contributed by atoms with Crippen LogP contribution in [0.3, 0.4) is 0 Å². The second-order valence-electron chi connectivity index (χ2n) is 5.97. The van der Waals surface area contributed by atoms with Crippen molar-refractivity contribution in [3.8, 4) is 0 Å². The van der Waals surface area contributed by atoms with Crippen LogP contribution in [0.15, 0.2) is 0 Å². The first-order chi connectivity index (χ1) is 8.84. The minimum Gasteiger partial charge on any atom is -0.481 e. The summed E-state index contributed by atoms with van der Waals surface area (Å²) in [7, 11) is 0. The summed E-state index contributed by atoms with van der Waals surface area (Å²) in [4.78, 5) is 24.8. The van der Waals surface area contributed by atoms with E-state index >= 15 is 0 Å². The third-order valence-electron chi connectivity index (χ3n) is 3.39. The first kappa shape index (κ1) is 16.0. The Morgan fingerprint density at radius 2 is 2.05 bits per heavy atom. The second kappa shape index (κ2) is 6.89. The number of carboxylic acids is 1. The Labute approximate surface area is 114 Å². The van der Waals surface area contributed by atoms with E-state index < -0.39 is 11.4 Å². The fourth-order valence-electron chi connectivity index (χ4n) is 2.53. The molecule has 1 fully saturated rings. The lowest BCUT2D eigenvalue weighted by molar-refractivity contribution is -0.141. The molecule has 0 aromatic rings. The van der Waals surface area contributed by atoms with Crippen LogP contribution in [-0.2, 0) is 14.3 Å². The van der Waals surface area contributed by atoms with Gasteiger partial charge in [0, 0.05) is 26.1 Å². The van der Waals surface area contributed by atoms with E-state index in [0.29, 0.717) is 13.2 Å². The zero-order valence-corrected chi connectivity index (χ0v) is 12.1. The number of ether oxygens (including phenoxy) is 1. The standard InChI is InChI=1S/C14H25NO4/c1-4-19-11-6-5-7-15(10-11)12(16)8-14(2,3)9-13(17)18/h11H,4-10H2,1-3H3,(H,17,18)/t11-/m1/s1. The van der Waals surface area contributed by atoms with E-state index in [1.165, 1.54) is 0 Å². The molecule has 1 atom stereocenters. The Balaban J connectivity index is 2.50. The van der Waals surface area contributed by atoms with Crippen LogP contribution in [0.2, 0.25) is 0 Å². The molecule has 1 N–H and O–H groups in total. The summed E-state index contributed by atoms with van der Waals surface area (Å²) in [6.07, 6.45) is 2.37. The monoisotopic (exact) mass is 271 g/mol. The van der Waals surface area contributed by atoms with E-state index in [1.54, 1.807) is 0 Å². The molecule has 0 bridgehead atoms. The van der Waals surface area contributed by atoms with Gasteiger partial charge >= 0.3 is 5.97 Å². The molecule has 0 aromatic heterocycles. The van der Waals surface area contributed by atoms with Crippen molar-refractivity contribution in [2.45, 2.75) is 52.6 Å². The van der Waals surface area contributed by atoms with Crippen LogP contribution in [0.4, 0.5) is 0 Å². The van der Waals surface area contributed by atoms with Crippen molar-refractivity contribution in [3.63, 3.8) is 0 Å². The summed E-state index contributed by atoms with van der Waals surface area (Å²) >= 11 is 0. The normalized spacial score (nSPS) is 20.4. The molecule has 0 spiro atoms. The number of rotatable bonds is 6. The predicted octanol–water partition coefficient (Wildman–Crippen LogP) is 1.90. The van der Waals surface area contributed by atoms with E-state index in [1.807, 2.05) is 25.7 Å². The maximum Gasteiger partial charge on any atom is 0.303 e. The summed E-state index contributed by atoms with van der Waals surface area (Å²) in [6.45, 7) is 7.65. The molecule has 0 saturated carbocycles. The highest BCUT2D eigenvalue weighted by atomic mass is 16.5. The molecule has 19 heavy (non-hydrogen) atoms. The highest BCUT2D eigenvalue weighted by Crippen LogP contribution is 2.27. The maximum absolute atomic E-state index is 12.2. The summed E-state index contributed by atoms with van der Waals surface area (Å²) in [5.41, 5.74) is -0.499. The summed E-state index contributed by atoms with van der Waals surface area (Å²) in [6, 6.07) is 0. The highest BCUT2D eigenvalue weighted by molar-refractivity contribution is 5.78. The smallest absolute Gasteiger partial charge is 0.303 e. The van der Waals surface area contributed by atoms with Crippen LogP contribution in [0.1, 0.15) is 46.5 Å². The van der Waals surface area contributed by atoms with Crippen molar-refractivity contribution >= 4 is 11.9 Å². The van der Waals surface area contributed by atoms with Crippen LogP contribution in [0.5, 0.6) is 0 Å². The van der Waals surface area contributed by atoms with Crippen molar-refractivity contribution < 1.29 is 19.4 Å². The molecule has 0 aliphatic carbocycles. The number of hydrogen-bond acceptors (Lipinski definition) is 3. The van der Waals surface area contributed by atoms with Gasteiger partial charge < -0.3 is 14.7 Å². The Morgan fingerprint density at radius 1 is 1.37 bits per heavy atom. The molecule has 1 heterocycles. The van der Waals surface area contributed by atoms with Gasteiger partial charge in [0.05, 0.1) is 12.5 Å². The number of amides is 1. The van der Waals surface area contributed by atoms with Gasteiger partial charge in [-0.2, -0.15) is 0 Å². The van der Waals surface area contributed by atoms with Gasteiger partial charge in [0.1, 0.15) is 0 Å². The molecular formula is C14H25NO4. The minimum absolute atomic E-state index is 0.0153. The number of carboxylic acid groups (broad SMARTS) is 1. The lowest BCUT2D eigenvalue weighted by Crippen LogP contribution is -2.44. The van der Waals surface area contributed by atoms with Gasteiger partial charge in [-0.3, -0.25) is 9.59 Å². The van der Waals surface area contributed by atoms with E-state index in [0.717, 1.165) is 19.4 Å². The second-order valence-corrected chi connectivity index (χ2v) is 5.97. The van der Waals surface area contributed by atoms with Crippen molar-refractivity contribution in [1.82, 2.24) is 4.90 Å². The molecule has 0 unspecified atom stereocenters. The molecule has 5 heteroatoms. The van der Waals surface area contributed by atoms with Gasteiger partial charge in [-0.05, 0) is 25.2 Å². The molecule has 5 nitrogen and oxygen atoms in total. The summed E-state index contributed by atoms with van der Waals surface area (Å²) in [5, 5.41) is 8.84. The average Bonchev–Trinajstić information content (AvgIpc) is 2.27. The van der Waals surface area contributed by atoms with E-state index in [2.05, 4.69) is 0 Å². The van der Waals surface area contributed by atoms with Gasteiger partial charge in [0.15, 0.2) is 0 Å². The van der Waals surface area contributed by atoms with Crippen molar-refractivity contribution in [2.75, 3.05) is 19.7 Å². The number of carbonyl (C=O) groups is 2. The Bertz CT molecular complexity index is 325. The number of piperidine rings is 1. The first-order valence-electron chi connectivity index (χ1n) is 6.95. The van der Waals surface area contributed by atoms with Crippen molar-refractivity contribution in [2.24, 2.45) is 5.41 Å². The molecule has 0 aromatic carbocycles. The molecule has 1 rings (SSSR count). The molecule has 1 saturated heterocycles. The number of hydrogen-bond donors (Lipinski definition) is 1. The van der Waals surface area contributed by atoms with Crippen LogP contribution < -0.4 is 0 Å². The molecular weight excluding hydrogens is 246 g/mol. The molecule has 110 valence electrons. The Hall–Kier alpha value is -1.10. The molecule has 1 aliphatic rings. The van der Waals surface area contributed by atoms with Crippen LogP contribution in [0.25, 0.3) is 0 Å².